The van der Waals surface area contributed by atoms with Crippen molar-refractivity contribution in [2.75, 3.05) is 26.2 Å². The number of aromatic amines is 1. The van der Waals surface area contributed by atoms with Crippen LogP contribution in [0, 0.1) is 11.8 Å². The van der Waals surface area contributed by atoms with Gasteiger partial charge < -0.3 is 14.8 Å². The minimum absolute atomic E-state index is 0.157. The van der Waals surface area contributed by atoms with Crippen molar-refractivity contribution in [1.29, 1.82) is 0 Å². The van der Waals surface area contributed by atoms with E-state index in [0.29, 0.717) is 11.8 Å². The molecule has 1 aromatic heterocycles. The molecule has 1 saturated heterocycles. The van der Waals surface area contributed by atoms with Gasteiger partial charge in [-0.1, -0.05) is 12.2 Å². The Morgan fingerprint density at radius 2 is 2.04 bits per heavy atom. The minimum Gasteiger partial charge on any atom is -0.348 e. The number of hydrogen-bond acceptors (Lipinski definition) is 3. The first-order chi connectivity index (χ1) is 12.8. The number of rotatable bonds is 3. The summed E-state index contributed by atoms with van der Waals surface area (Å²) in [5, 5.41) is 0. The molecule has 2 aliphatic heterocycles. The highest BCUT2D eigenvalue weighted by Crippen LogP contribution is 2.45. The molecule has 26 heavy (non-hydrogen) atoms. The highest BCUT2D eigenvalue weighted by Gasteiger charge is 2.50. The summed E-state index contributed by atoms with van der Waals surface area (Å²) in [5.74, 6) is 1.49. The number of amides is 1. The molecule has 4 aliphatic rings. The van der Waals surface area contributed by atoms with Crippen molar-refractivity contribution >= 4 is 5.91 Å². The van der Waals surface area contributed by atoms with Crippen LogP contribution in [-0.2, 0) is 16.8 Å². The summed E-state index contributed by atoms with van der Waals surface area (Å²) in [6, 6.07) is 0. The average molecular weight is 354 g/mol. The van der Waals surface area contributed by atoms with Gasteiger partial charge in [0.2, 0.25) is 5.91 Å². The van der Waals surface area contributed by atoms with Crippen molar-refractivity contribution in [2.45, 2.75) is 56.9 Å². The summed E-state index contributed by atoms with van der Waals surface area (Å²) in [6.45, 7) is 4.24. The molecule has 5 rings (SSSR count). The van der Waals surface area contributed by atoms with Gasteiger partial charge in [0.05, 0.1) is 17.6 Å². The zero-order chi connectivity index (χ0) is 17.6. The quantitative estimate of drug-likeness (QED) is 0.849. The largest absolute Gasteiger partial charge is 0.348 e. The van der Waals surface area contributed by atoms with Crippen LogP contribution in [0.2, 0.25) is 0 Å². The van der Waals surface area contributed by atoms with Crippen LogP contribution in [0.3, 0.4) is 0 Å². The van der Waals surface area contributed by atoms with Gasteiger partial charge in [-0.05, 0) is 50.9 Å². The van der Waals surface area contributed by atoms with Crippen LogP contribution < -0.4 is 0 Å². The number of likely N-dealkylation sites (tertiary alicyclic amines) is 1. The number of piperidine rings is 1. The van der Waals surface area contributed by atoms with Crippen molar-refractivity contribution in [3.8, 4) is 0 Å². The van der Waals surface area contributed by atoms with Crippen LogP contribution in [0.5, 0.6) is 0 Å². The van der Waals surface area contributed by atoms with E-state index in [-0.39, 0.29) is 5.54 Å². The monoisotopic (exact) mass is 354 g/mol. The van der Waals surface area contributed by atoms with E-state index in [9.17, 15) is 4.79 Å². The molecule has 0 aromatic carbocycles. The molecule has 1 aromatic rings. The van der Waals surface area contributed by atoms with Crippen LogP contribution >= 0.6 is 0 Å². The van der Waals surface area contributed by atoms with Gasteiger partial charge in [0.1, 0.15) is 0 Å². The van der Waals surface area contributed by atoms with E-state index in [1.807, 2.05) is 6.33 Å². The Morgan fingerprint density at radius 1 is 1.19 bits per heavy atom. The zero-order valence-electron chi connectivity index (χ0n) is 15.6. The molecule has 1 saturated carbocycles. The summed E-state index contributed by atoms with van der Waals surface area (Å²) in [7, 11) is 0. The molecule has 2 fully saturated rings. The van der Waals surface area contributed by atoms with Crippen molar-refractivity contribution in [3.63, 3.8) is 0 Å². The third-order valence-electron chi connectivity index (χ3n) is 7.03. The first-order valence-electron chi connectivity index (χ1n) is 10.5. The van der Waals surface area contributed by atoms with E-state index in [1.54, 1.807) is 0 Å². The molecule has 1 N–H and O–H groups in total. The Hall–Kier alpha value is -1.62. The number of nitrogens with zero attached hydrogens (tertiary/aromatic N) is 3. The Kier molecular flexibility index (Phi) is 4.15. The lowest BCUT2D eigenvalue weighted by atomic mass is 9.78. The molecular weight excluding hydrogens is 324 g/mol. The summed E-state index contributed by atoms with van der Waals surface area (Å²) in [6.07, 6.45) is 15.5. The predicted octanol–water partition coefficient (Wildman–Crippen LogP) is 2.85. The number of nitrogens with one attached hydrogen (secondary N) is 1. The third kappa shape index (κ3) is 2.81. The Labute approximate surface area is 155 Å². The SMILES string of the molecule is O=C(C1CC1)N1CCc2[nH]cnc2C12CCN(C[C@@H]1CC=CCC1)CC2. The minimum atomic E-state index is -0.157. The van der Waals surface area contributed by atoms with Gasteiger partial charge in [0, 0.05) is 44.2 Å². The molecule has 2 aliphatic carbocycles. The summed E-state index contributed by atoms with van der Waals surface area (Å²) >= 11 is 0. The Morgan fingerprint density at radius 3 is 2.77 bits per heavy atom. The van der Waals surface area contributed by atoms with Crippen molar-refractivity contribution in [2.24, 2.45) is 11.8 Å². The second kappa shape index (κ2) is 6.52. The second-order valence-corrected chi connectivity index (χ2v) is 8.73. The van der Waals surface area contributed by atoms with Crippen LogP contribution in [0.4, 0.5) is 0 Å². The van der Waals surface area contributed by atoms with Crippen LogP contribution in [-0.4, -0.2) is 51.9 Å². The highest BCUT2D eigenvalue weighted by molar-refractivity contribution is 5.82. The van der Waals surface area contributed by atoms with Crippen LogP contribution in [0.15, 0.2) is 18.5 Å². The van der Waals surface area contributed by atoms with Gasteiger partial charge in [0.25, 0.3) is 0 Å². The number of hydrogen-bond donors (Lipinski definition) is 1. The Bertz CT molecular complexity index is 697. The average Bonchev–Trinajstić information content (AvgIpc) is 3.41. The van der Waals surface area contributed by atoms with E-state index in [0.717, 1.165) is 63.4 Å². The molecule has 5 heteroatoms. The number of aromatic nitrogens is 2. The summed E-state index contributed by atoms with van der Waals surface area (Å²) in [4.78, 5) is 25.9. The van der Waals surface area contributed by atoms with Crippen LogP contribution in [0.25, 0.3) is 0 Å². The standard InChI is InChI=1S/C21H30N4O/c26-20(17-6-7-17)25-11-8-18-19(23-15-22-18)21(25)9-12-24(13-10-21)14-16-4-2-1-3-5-16/h1-2,15-17H,3-14H2,(H,22,23)/t16-/m1/s1. The molecule has 1 amide bonds. The number of carbonyl (C=O) groups excluding carboxylic acids is 1. The van der Waals surface area contributed by atoms with Gasteiger partial charge in [0.15, 0.2) is 0 Å². The van der Waals surface area contributed by atoms with Gasteiger partial charge in [-0.25, -0.2) is 4.98 Å². The van der Waals surface area contributed by atoms with E-state index in [1.165, 1.54) is 31.5 Å². The highest BCUT2D eigenvalue weighted by atomic mass is 16.2. The maximum absolute atomic E-state index is 13.0. The zero-order valence-corrected chi connectivity index (χ0v) is 15.6. The fourth-order valence-electron chi connectivity index (χ4n) is 5.35. The second-order valence-electron chi connectivity index (χ2n) is 8.73. The lowest BCUT2D eigenvalue weighted by Crippen LogP contribution is -2.59. The maximum Gasteiger partial charge on any atom is 0.226 e. The number of imidazole rings is 1. The molecular formula is C21H30N4O. The lowest BCUT2D eigenvalue weighted by molar-refractivity contribution is -0.143. The molecule has 140 valence electrons. The smallest absolute Gasteiger partial charge is 0.226 e. The molecule has 1 spiro atoms. The molecule has 3 heterocycles. The van der Waals surface area contributed by atoms with E-state index in [2.05, 4.69) is 26.9 Å². The third-order valence-corrected chi connectivity index (χ3v) is 7.03. The first kappa shape index (κ1) is 16.5. The number of allylic oxidation sites excluding steroid dienone is 2. The van der Waals surface area contributed by atoms with E-state index < -0.39 is 0 Å². The van der Waals surface area contributed by atoms with Gasteiger partial charge in [-0.2, -0.15) is 0 Å². The van der Waals surface area contributed by atoms with Crippen molar-refractivity contribution < 1.29 is 4.79 Å². The van der Waals surface area contributed by atoms with Crippen molar-refractivity contribution in [3.05, 3.63) is 29.9 Å². The number of H-pyrrole nitrogens is 1. The summed E-state index contributed by atoms with van der Waals surface area (Å²) in [5.41, 5.74) is 2.27. The molecule has 1 atom stereocenters. The van der Waals surface area contributed by atoms with E-state index >= 15 is 0 Å². The number of carbonyl (C=O) groups is 1. The van der Waals surface area contributed by atoms with Gasteiger partial charge >= 0.3 is 0 Å². The molecule has 5 nitrogen and oxygen atoms in total. The van der Waals surface area contributed by atoms with Gasteiger partial charge in [-0.15, -0.1) is 0 Å². The molecule has 0 unspecified atom stereocenters. The summed E-state index contributed by atoms with van der Waals surface area (Å²) < 4.78 is 0. The normalized spacial score (nSPS) is 28.3. The van der Waals surface area contributed by atoms with Crippen molar-refractivity contribution in [1.82, 2.24) is 19.8 Å². The maximum atomic E-state index is 13.0. The number of fused-ring (bicyclic) bond motifs is 2. The Balaban J connectivity index is 1.34. The van der Waals surface area contributed by atoms with E-state index in [4.69, 9.17) is 4.98 Å². The fourth-order valence-corrected chi connectivity index (χ4v) is 5.35. The fraction of sp³-hybridized carbons (Fsp3) is 0.714. The van der Waals surface area contributed by atoms with Crippen LogP contribution in [0.1, 0.15) is 56.3 Å². The first-order valence-corrected chi connectivity index (χ1v) is 10.5. The molecule has 0 bridgehead atoms. The lowest BCUT2D eigenvalue weighted by Gasteiger charge is -2.51. The van der Waals surface area contributed by atoms with Gasteiger partial charge in [-0.3, -0.25) is 4.79 Å². The molecule has 0 radical (unpaired) electrons. The predicted molar refractivity (Wildman–Crippen MR) is 101 cm³/mol. The topological polar surface area (TPSA) is 52.2 Å².